The molecule has 0 unspecified atom stereocenters. The summed E-state index contributed by atoms with van der Waals surface area (Å²) < 4.78 is 5.18. The Balaban J connectivity index is 0.000000561. The molecule has 1 heterocycles. The zero-order chi connectivity index (χ0) is 9.23. The normalized spacial score (nSPS) is 8.58. The van der Waals surface area contributed by atoms with Gasteiger partial charge in [0.25, 0.3) is 0 Å². The summed E-state index contributed by atoms with van der Waals surface area (Å²) in [6, 6.07) is 3.91. The highest BCUT2D eigenvalue weighted by Gasteiger charge is 1.87. The molecule has 68 valence electrons. The highest BCUT2D eigenvalue weighted by molar-refractivity contribution is 5.06. The van der Waals surface area contributed by atoms with E-state index in [1.807, 2.05) is 39.1 Å². The molecule has 0 amide bonds. The zero-order valence-electron chi connectivity index (χ0n) is 8.08. The van der Waals surface area contributed by atoms with Gasteiger partial charge in [0.2, 0.25) is 0 Å². The first kappa shape index (κ1) is 11.1. The molecule has 2 nitrogen and oxygen atoms in total. The van der Waals surface area contributed by atoms with Crippen molar-refractivity contribution in [3.05, 3.63) is 30.1 Å². The minimum atomic E-state index is 0.671. The second kappa shape index (κ2) is 8.21. The van der Waals surface area contributed by atoms with E-state index < -0.39 is 0 Å². The van der Waals surface area contributed by atoms with Gasteiger partial charge in [0.1, 0.15) is 0 Å². The smallest absolute Gasteiger partial charge is 0.0731 e. The Bertz CT molecular complexity index is 174. The van der Waals surface area contributed by atoms with Gasteiger partial charge < -0.3 is 4.74 Å². The van der Waals surface area contributed by atoms with E-state index in [9.17, 15) is 0 Å². The molecule has 0 aliphatic carbocycles. The number of aromatic nitrogens is 1. The lowest BCUT2D eigenvalue weighted by atomic mass is 10.3. The maximum atomic E-state index is 5.18. The summed E-state index contributed by atoms with van der Waals surface area (Å²) in [5, 5.41) is 0. The van der Waals surface area contributed by atoms with Crippen molar-refractivity contribution in [2.24, 2.45) is 0 Å². The predicted octanol–water partition coefficient (Wildman–Crippen LogP) is 2.64. The van der Waals surface area contributed by atoms with Crippen LogP contribution in [0.1, 0.15) is 26.3 Å². The third kappa shape index (κ3) is 4.85. The average Bonchev–Trinajstić information content (AvgIpc) is 2.19. The van der Waals surface area contributed by atoms with Crippen LogP contribution in [0, 0.1) is 0 Å². The molecule has 1 aromatic rings. The molecule has 0 aliphatic heterocycles. The van der Waals surface area contributed by atoms with Gasteiger partial charge in [-0.25, -0.2) is 0 Å². The number of ether oxygens (including phenoxy) is 1. The fourth-order valence-electron chi connectivity index (χ4n) is 0.703. The summed E-state index contributed by atoms with van der Waals surface area (Å²) in [5.74, 6) is 0. The molecule has 0 fully saturated rings. The molecule has 0 aromatic carbocycles. The van der Waals surface area contributed by atoms with E-state index in [1.54, 1.807) is 6.20 Å². The van der Waals surface area contributed by atoms with Gasteiger partial charge in [-0.1, -0.05) is 19.9 Å². The van der Waals surface area contributed by atoms with Crippen LogP contribution in [0.4, 0.5) is 0 Å². The van der Waals surface area contributed by atoms with E-state index in [0.29, 0.717) is 6.61 Å². The highest BCUT2D eigenvalue weighted by Crippen LogP contribution is 1.96. The monoisotopic (exact) mass is 167 g/mol. The average molecular weight is 167 g/mol. The van der Waals surface area contributed by atoms with Crippen molar-refractivity contribution in [1.29, 1.82) is 0 Å². The number of hydrogen-bond donors (Lipinski definition) is 0. The van der Waals surface area contributed by atoms with Crippen LogP contribution in [0.5, 0.6) is 0 Å². The zero-order valence-corrected chi connectivity index (χ0v) is 8.08. The van der Waals surface area contributed by atoms with Gasteiger partial charge >= 0.3 is 0 Å². The molecular weight excluding hydrogens is 150 g/mol. The standard InChI is InChI=1S/C8H11NO.C2H6/c1-2-10-7-8-4-3-5-9-6-8;1-2/h3-6H,2,7H2,1H3;1-2H3. The molecule has 1 rings (SSSR count). The first-order chi connectivity index (χ1) is 5.93. The largest absolute Gasteiger partial charge is 0.377 e. The first-order valence-electron chi connectivity index (χ1n) is 4.40. The molecule has 0 aliphatic rings. The van der Waals surface area contributed by atoms with Gasteiger partial charge in [-0.15, -0.1) is 0 Å². The first-order valence-corrected chi connectivity index (χ1v) is 4.40. The lowest BCUT2D eigenvalue weighted by Crippen LogP contribution is -1.91. The fraction of sp³-hybridized carbons (Fsp3) is 0.500. The molecule has 12 heavy (non-hydrogen) atoms. The molecule has 0 atom stereocenters. The van der Waals surface area contributed by atoms with Crippen LogP contribution in [0.2, 0.25) is 0 Å². The molecule has 1 aromatic heterocycles. The van der Waals surface area contributed by atoms with E-state index in [4.69, 9.17) is 4.74 Å². The maximum absolute atomic E-state index is 5.18. The summed E-state index contributed by atoms with van der Waals surface area (Å²) in [6.45, 7) is 7.41. The third-order valence-electron chi connectivity index (χ3n) is 1.20. The Morgan fingerprint density at radius 3 is 2.67 bits per heavy atom. The third-order valence-corrected chi connectivity index (χ3v) is 1.20. The molecule has 0 saturated heterocycles. The number of nitrogens with zero attached hydrogens (tertiary/aromatic N) is 1. The van der Waals surface area contributed by atoms with Gasteiger partial charge in [-0.3, -0.25) is 4.98 Å². The van der Waals surface area contributed by atoms with Gasteiger partial charge in [0.05, 0.1) is 6.61 Å². The fourth-order valence-corrected chi connectivity index (χ4v) is 0.703. The predicted molar refractivity (Wildman–Crippen MR) is 50.9 cm³/mol. The number of pyridine rings is 1. The Hall–Kier alpha value is -0.890. The van der Waals surface area contributed by atoms with E-state index in [2.05, 4.69) is 4.98 Å². The summed E-state index contributed by atoms with van der Waals surface area (Å²) in [4.78, 5) is 3.96. The Morgan fingerprint density at radius 1 is 1.42 bits per heavy atom. The van der Waals surface area contributed by atoms with Crippen molar-refractivity contribution in [3.8, 4) is 0 Å². The van der Waals surface area contributed by atoms with Crippen LogP contribution in [-0.2, 0) is 11.3 Å². The van der Waals surface area contributed by atoms with E-state index >= 15 is 0 Å². The second-order valence-electron chi connectivity index (χ2n) is 2.00. The summed E-state index contributed by atoms with van der Waals surface area (Å²) in [6.07, 6.45) is 3.57. The minimum absolute atomic E-state index is 0.671. The Labute approximate surface area is 74.6 Å². The summed E-state index contributed by atoms with van der Waals surface area (Å²) in [5.41, 5.74) is 1.13. The number of rotatable bonds is 3. The Kier molecular flexibility index (Phi) is 7.60. The van der Waals surface area contributed by atoms with Crippen LogP contribution >= 0.6 is 0 Å². The van der Waals surface area contributed by atoms with E-state index in [1.165, 1.54) is 0 Å². The highest BCUT2D eigenvalue weighted by atomic mass is 16.5. The van der Waals surface area contributed by atoms with Crippen molar-refractivity contribution in [2.45, 2.75) is 27.4 Å². The van der Waals surface area contributed by atoms with E-state index in [0.717, 1.165) is 12.2 Å². The molecule has 2 heteroatoms. The van der Waals surface area contributed by atoms with E-state index in [-0.39, 0.29) is 0 Å². The van der Waals surface area contributed by atoms with Gasteiger partial charge in [-0.05, 0) is 18.6 Å². The quantitative estimate of drug-likeness (QED) is 0.690. The summed E-state index contributed by atoms with van der Waals surface area (Å²) >= 11 is 0. The van der Waals surface area contributed by atoms with Crippen LogP contribution in [0.15, 0.2) is 24.5 Å². The van der Waals surface area contributed by atoms with Crippen LogP contribution in [0.3, 0.4) is 0 Å². The SMILES string of the molecule is CC.CCOCc1cccnc1. The van der Waals surface area contributed by atoms with Gasteiger partial charge in [0.15, 0.2) is 0 Å². The summed E-state index contributed by atoms with van der Waals surface area (Å²) in [7, 11) is 0. The minimum Gasteiger partial charge on any atom is -0.377 e. The van der Waals surface area contributed by atoms with Crippen LogP contribution in [-0.4, -0.2) is 11.6 Å². The lowest BCUT2D eigenvalue weighted by molar-refractivity contribution is 0.134. The van der Waals surface area contributed by atoms with Crippen molar-refractivity contribution in [2.75, 3.05) is 6.61 Å². The van der Waals surface area contributed by atoms with Crippen LogP contribution < -0.4 is 0 Å². The van der Waals surface area contributed by atoms with Gasteiger partial charge in [0, 0.05) is 19.0 Å². The molecule has 0 spiro atoms. The van der Waals surface area contributed by atoms with Crippen LogP contribution in [0.25, 0.3) is 0 Å². The lowest BCUT2D eigenvalue weighted by Gasteiger charge is -1.98. The van der Waals surface area contributed by atoms with Crippen molar-refractivity contribution in [1.82, 2.24) is 4.98 Å². The molecule has 0 radical (unpaired) electrons. The maximum Gasteiger partial charge on any atom is 0.0731 e. The Morgan fingerprint density at radius 2 is 2.17 bits per heavy atom. The second-order valence-corrected chi connectivity index (χ2v) is 2.00. The van der Waals surface area contributed by atoms with Crippen molar-refractivity contribution >= 4 is 0 Å². The molecular formula is C10H17NO. The molecule has 0 N–H and O–H groups in total. The van der Waals surface area contributed by atoms with Gasteiger partial charge in [-0.2, -0.15) is 0 Å². The topological polar surface area (TPSA) is 22.1 Å². The number of hydrogen-bond acceptors (Lipinski definition) is 2. The molecule has 0 saturated carbocycles. The van der Waals surface area contributed by atoms with Crippen molar-refractivity contribution < 1.29 is 4.74 Å². The molecule has 0 bridgehead atoms. The van der Waals surface area contributed by atoms with Crippen molar-refractivity contribution in [3.63, 3.8) is 0 Å².